The summed E-state index contributed by atoms with van der Waals surface area (Å²) < 4.78 is 21.8. The maximum atomic E-state index is 12.9. The largest absolute Gasteiger partial charge is 0.496 e. The topological polar surface area (TPSA) is 137 Å². The SMILES string of the molecule is COc1ccccc1NC(=O)CCCC(=O)Oc1c(CC=C(C)CCC(=O)O)c(OC)c(C)c2c1C(=O)OC2. The van der Waals surface area contributed by atoms with Crippen LogP contribution in [0.4, 0.5) is 5.69 Å². The number of carbonyl (C=O) groups is 4. The summed E-state index contributed by atoms with van der Waals surface area (Å²) in [6, 6.07) is 7.01. The molecule has 0 fully saturated rings. The van der Waals surface area contributed by atoms with E-state index in [9.17, 15) is 19.2 Å². The van der Waals surface area contributed by atoms with Gasteiger partial charge in [0, 0.05) is 30.4 Å². The number of amides is 1. The zero-order valence-corrected chi connectivity index (χ0v) is 22.5. The predicted octanol–water partition coefficient (Wildman–Crippen LogP) is 4.75. The van der Waals surface area contributed by atoms with Crippen LogP contribution >= 0.6 is 0 Å². The van der Waals surface area contributed by atoms with Crippen LogP contribution in [0.15, 0.2) is 35.9 Å². The van der Waals surface area contributed by atoms with Crippen molar-refractivity contribution in [2.24, 2.45) is 0 Å². The van der Waals surface area contributed by atoms with Gasteiger partial charge in [-0.3, -0.25) is 14.4 Å². The highest BCUT2D eigenvalue weighted by atomic mass is 16.6. The lowest BCUT2D eigenvalue weighted by molar-refractivity contribution is -0.137. The molecule has 10 nitrogen and oxygen atoms in total. The first-order valence-corrected chi connectivity index (χ1v) is 12.6. The van der Waals surface area contributed by atoms with E-state index in [4.69, 9.17) is 24.1 Å². The molecule has 2 aromatic carbocycles. The van der Waals surface area contributed by atoms with E-state index in [1.165, 1.54) is 14.2 Å². The molecule has 0 radical (unpaired) electrons. The first kappa shape index (κ1) is 29.2. The summed E-state index contributed by atoms with van der Waals surface area (Å²) in [6.07, 6.45) is 2.65. The lowest BCUT2D eigenvalue weighted by Gasteiger charge is -2.19. The smallest absolute Gasteiger partial charge is 0.342 e. The maximum absolute atomic E-state index is 12.9. The highest BCUT2D eigenvalue weighted by Crippen LogP contribution is 2.43. The number of rotatable bonds is 13. The molecule has 1 aliphatic heterocycles. The normalized spacial score (nSPS) is 12.4. The van der Waals surface area contributed by atoms with Crippen molar-refractivity contribution in [1.29, 1.82) is 0 Å². The molecule has 208 valence electrons. The van der Waals surface area contributed by atoms with Crippen LogP contribution in [-0.2, 0) is 32.1 Å². The van der Waals surface area contributed by atoms with E-state index in [1.807, 2.05) is 13.0 Å². The standard InChI is InChI=1S/C29H33NO9/c1-17(13-15-24(32)33)12-14-19-27(37-4)18(2)20-16-38-29(35)26(20)28(19)39-25(34)11-7-10-23(31)30-21-8-5-6-9-22(21)36-3/h5-6,8-9,12H,7,10-11,13-16H2,1-4H3,(H,30,31)(H,32,33). The molecule has 1 amide bonds. The van der Waals surface area contributed by atoms with Gasteiger partial charge in [0.15, 0.2) is 5.75 Å². The van der Waals surface area contributed by atoms with Crippen LogP contribution in [-0.4, -0.2) is 43.1 Å². The van der Waals surface area contributed by atoms with Crippen LogP contribution in [0.2, 0.25) is 0 Å². The molecule has 0 saturated heterocycles. The minimum absolute atomic E-state index is 0.0124. The van der Waals surface area contributed by atoms with Crippen LogP contribution in [0.5, 0.6) is 17.2 Å². The molecule has 39 heavy (non-hydrogen) atoms. The Morgan fingerprint density at radius 1 is 1.05 bits per heavy atom. The molecule has 2 aromatic rings. The monoisotopic (exact) mass is 539 g/mol. The summed E-state index contributed by atoms with van der Waals surface area (Å²) in [6.45, 7) is 3.65. The highest BCUT2D eigenvalue weighted by Gasteiger charge is 2.34. The van der Waals surface area contributed by atoms with Gasteiger partial charge in [0.1, 0.15) is 23.7 Å². The van der Waals surface area contributed by atoms with Gasteiger partial charge >= 0.3 is 17.9 Å². The minimum atomic E-state index is -0.900. The molecule has 0 spiro atoms. The van der Waals surface area contributed by atoms with E-state index >= 15 is 0 Å². The van der Waals surface area contributed by atoms with Gasteiger partial charge in [-0.1, -0.05) is 23.8 Å². The zero-order chi connectivity index (χ0) is 28.5. The molecule has 10 heteroatoms. The first-order valence-electron chi connectivity index (χ1n) is 12.6. The van der Waals surface area contributed by atoms with E-state index < -0.39 is 17.9 Å². The lowest BCUT2D eigenvalue weighted by atomic mass is 9.94. The lowest BCUT2D eigenvalue weighted by Crippen LogP contribution is -2.16. The molecule has 1 aliphatic rings. The second-order valence-electron chi connectivity index (χ2n) is 9.12. The van der Waals surface area contributed by atoms with Crippen molar-refractivity contribution >= 4 is 29.5 Å². The number of ether oxygens (including phenoxy) is 4. The van der Waals surface area contributed by atoms with Gasteiger partial charge in [0.2, 0.25) is 5.91 Å². The number of cyclic esters (lactones) is 1. The Bertz CT molecular complexity index is 1300. The summed E-state index contributed by atoms with van der Waals surface area (Å²) >= 11 is 0. The van der Waals surface area contributed by atoms with Gasteiger partial charge in [-0.05, 0) is 50.8 Å². The van der Waals surface area contributed by atoms with E-state index in [2.05, 4.69) is 5.32 Å². The van der Waals surface area contributed by atoms with E-state index in [-0.39, 0.29) is 55.9 Å². The molecule has 0 atom stereocenters. The fraction of sp³-hybridized carbons (Fsp3) is 0.379. The molecular weight excluding hydrogens is 506 g/mol. The zero-order valence-electron chi connectivity index (χ0n) is 22.5. The Morgan fingerprint density at radius 2 is 1.79 bits per heavy atom. The summed E-state index contributed by atoms with van der Waals surface area (Å²) in [7, 11) is 3.00. The van der Waals surface area contributed by atoms with Gasteiger partial charge in [-0.25, -0.2) is 4.79 Å². The van der Waals surface area contributed by atoms with Gasteiger partial charge in [0.25, 0.3) is 0 Å². The number of benzene rings is 2. The number of carbonyl (C=O) groups excluding carboxylic acids is 3. The molecule has 0 saturated carbocycles. The van der Waals surface area contributed by atoms with Crippen molar-refractivity contribution in [3.8, 4) is 17.2 Å². The fourth-order valence-corrected chi connectivity index (χ4v) is 4.32. The Hall–Kier alpha value is -4.34. The third-order valence-corrected chi connectivity index (χ3v) is 6.40. The van der Waals surface area contributed by atoms with Crippen LogP contribution in [0, 0.1) is 6.92 Å². The molecule has 0 unspecified atom stereocenters. The van der Waals surface area contributed by atoms with Gasteiger partial charge in [-0.2, -0.15) is 0 Å². The average molecular weight is 540 g/mol. The van der Waals surface area contributed by atoms with E-state index in [0.717, 1.165) is 5.57 Å². The summed E-state index contributed by atoms with van der Waals surface area (Å²) in [4.78, 5) is 48.8. The van der Waals surface area contributed by atoms with Gasteiger partial charge < -0.3 is 29.4 Å². The number of allylic oxidation sites excluding steroid dienone is 2. The Kier molecular flexibility index (Phi) is 10.1. The third kappa shape index (κ3) is 7.37. The van der Waals surface area contributed by atoms with Crippen LogP contribution in [0.1, 0.15) is 66.1 Å². The molecule has 2 N–H and O–H groups in total. The number of para-hydroxylation sites is 2. The van der Waals surface area contributed by atoms with Crippen molar-refractivity contribution in [3.63, 3.8) is 0 Å². The first-order chi connectivity index (χ1) is 18.7. The van der Waals surface area contributed by atoms with Crippen molar-refractivity contribution in [1.82, 2.24) is 0 Å². The Labute approximate surface area is 226 Å². The number of hydrogen-bond donors (Lipinski definition) is 2. The number of aliphatic carboxylic acids is 1. The second-order valence-corrected chi connectivity index (χ2v) is 9.12. The quantitative estimate of drug-likeness (QED) is 0.210. The average Bonchev–Trinajstić information content (AvgIpc) is 3.30. The number of hydrogen-bond acceptors (Lipinski definition) is 8. The van der Waals surface area contributed by atoms with E-state index in [0.29, 0.717) is 40.3 Å². The number of carboxylic acid groups (broad SMARTS) is 1. The van der Waals surface area contributed by atoms with Crippen LogP contribution in [0.25, 0.3) is 0 Å². The van der Waals surface area contributed by atoms with Gasteiger partial charge in [-0.15, -0.1) is 0 Å². The van der Waals surface area contributed by atoms with Crippen molar-refractivity contribution < 1.29 is 43.2 Å². The molecule has 3 rings (SSSR count). The maximum Gasteiger partial charge on any atom is 0.342 e. The van der Waals surface area contributed by atoms with Gasteiger partial charge in [0.05, 0.1) is 19.9 Å². The summed E-state index contributed by atoms with van der Waals surface area (Å²) in [5, 5.41) is 11.7. The second kappa shape index (κ2) is 13.5. The molecule has 0 aromatic heterocycles. The van der Waals surface area contributed by atoms with E-state index in [1.54, 1.807) is 31.2 Å². The molecule has 0 aliphatic carbocycles. The number of anilines is 1. The molecule has 1 heterocycles. The van der Waals surface area contributed by atoms with Crippen molar-refractivity contribution in [3.05, 3.63) is 58.2 Å². The number of fused-ring (bicyclic) bond motifs is 1. The number of methoxy groups -OCH3 is 2. The number of nitrogens with one attached hydrogen (secondary N) is 1. The van der Waals surface area contributed by atoms with Crippen LogP contribution < -0.4 is 19.5 Å². The minimum Gasteiger partial charge on any atom is -0.496 e. The summed E-state index contributed by atoms with van der Waals surface area (Å²) in [5.41, 5.74) is 3.33. The third-order valence-electron chi connectivity index (χ3n) is 6.40. The van der Waals surface area contributed by atoms with Crippen molar-refractivity contribution in [2.75, 3.05) is 19.5 Å². The fourth-order valence-electron chi connectivity index (χ4n) is 4.32. The summed E-state index contributed by atoms with van der Waals surface area (Å²) in [5.74, 6) is -1.32. The molecular formula is C29H33NO9. The highest BCUT2D eigenvalue weighted by molar-refractivity contribution is 5.99. The van der Waals surface area contributed by atoms with Crippen LogP contribution in [0.3, 0.4) is 0 Å². The van der Waals surface area contributed by atoms with Crippen molar-refractivity contribution in [2.45, 2.75) is 59.0 Å². The number of carboxylic acids is 1. The number of esters is 2. The molecule has 0 bridgehead atoms. The Balaban J connectivity index is 1.76. The predicted molar refractivity (Wildman–Crippen MR) is 142 cm³/mol. The Morgan fingerprint density at radius 3 is 2.49 bits per heavy atom.